The van der Waals surface area contributed by atoms with Crippen LogP contribution in [0.2, 0.25) is 0 Å². The largest absolute Gasteiger partial charge is 0.493 e. The van der Waals surface area contributed by atoms with Gasteiger partial charge in [-0.15, -0.1) is 0 Å². The number of methoxy groups -OCH3 is 4. The van der Waals surface area contributed by atoms with E-state index in [4.69, 9.17) is 23.9 Å². The highest BCUT2D eigenvalue weighted by molar-refractivity contribution is 6.06. The van der Waals surface area contributed by atoms with Gasteiger partial charge in [0, 0.05) is 17.3 Å². The second kappa shape index (κ2) is 6.83. The first-order valence-corrected chi connectivity index (χ1v) is 7.75. The number of hydrogen-bond acceptors (Lipinski definition) is 5. The third-order valence-corrected chi connectivity index (χ3v) is 4.18. The molecule has 0 atom stereocenters. The molecule has 0 spiro atoms. The lowest BCUT2D eigenvalue weighted by atomic mass is 10.1. The topological polar surface area (TPSA) is 49.3 Å². The summed E-state index contributed by atoms with van der Waals surface area (Å²) in [5.41, 5.74) is 4.22. The van der Waals surface area contributed by atoms with Crippen molar-refractivity contribution in [2.24, 2.45) is 4.99 Å². The molecule has 0 radical (unpaired) electrons. The van der Waals surface area contributed by atoms with E-state index in [2.05, 4.69) is 0 Å². The maximum absolute atomic E-state index is 5.41. The van der Waals surface area contributed by atoms with E-state index in [9.17, 15) is 0 Å². The molecule has 24 heavy (non-hydrogen) atoms. The van der Waals surface area contributed by atoms with E-state index >= 15 is 0 Å². The molecule has 5 heteroatoms. The first kappa shape index (κ1) is 16.2. The third-order valence-electron chi connectivity index (χ3n) is 4.18. The number of benzene rings is 2. The fourth-order valence-electron chi connectivity index (χ4n) is 2.95. The Morgan fingerprint density at radius 2 is 1.33 bits per heavy atom. The molecule has 0 saturated carbocycles. The summed E-state index contributed by atoms with van der Waals surface area (Å²) in [5.74, 6) is 2.84. The fourth-order valence-corrected chi connectivity index (χ4v) is 2.95. The van der Waals surface area contributed by atoms with Crippen molar-refractivity contribution in [3.63, 3.8) is 0 Å². The summed E-state index contributed by atoms with van der Waals surface area (Å²) in [7, 11) is 6.54. The highest BCUT2D eigenvalue weighted by Crippen LogP contribution is 2.37. The number of fused-ring (bicyclic) bond motifs is 1. The number of hydrogen-bond donors (Lipinski definition) is 0. The van der Waals surface area contributed by atoms with Crippen LogP contribution < -0.4 is 18.9 Å². The van der Waals surface area contributed by atoms with Crippen LogP contribution in [0.3, 0.4) is 0 Å². The molecule has 2 aromatic rings. The Balaban J connectivity index is 2.00. The van der Waals surface area contributed by atoms with Crippen LogP contribution in [-0.2, 0) is 6.42 Å². The molecule has 0 bridgehead atoms. The molecular formula is C19H21NO4. The molecule has 0 fully saturated rings. The minimum Gasteiger partial charge on any atom is -0.493 e. The van der Waals surface area contributed by atoms with Crippen LogP contribution in [-0.4, -0.2) is 34.2 Å². The highest BCUT2D eigenvalue weighted by Gasteiger charge is 2.21. The molecule has 1 aliphatic rings. The van der Waals surface area contributed by atoms with Crippen LogP contribution in [0.25, 0.3) is 0 Å². The van der Waals surface area contributed by atoms with Crippen molar-refractivity contribution in [2.45, 2.75) is 12.8 Å². The van der Waals surface area contributed by atoms with Gasteiger partial charge in [-0.05, 0) is 42.7 Å². The van der Waals surface area contributed by atoms with Gasteiger partial charge in [-0.2, -0.15) is 0 Å². The van der Waals surface area contributed by atoms with Crippen LogP contribution >= 0.6 is 0 Å². The fraction of sp³-hybridized carbons (Fsp3) is 0.316. The Hall–Kier alpha value is -2.69. The van der Waals surface area contributed by atoms with E-state index in [1.54, 1.807) is 28.4 Å². The molecule has 0 heterocycles. The maximum atomic E-state index is 5.41. The predicted molar refractivity (Wildman–Crippen MR) is 93.6 cm³/mol. The predicted octanol–water partition coefficient (Wildman–Crippen LogP) is 3.79. The average molecular weight is 327 g/mol. The first-order chi connectivity index (χ1) is 11.7. The number of rotatable bonds is 5. The minimum absolute atomic E-state index is 0.671. The van der Waals surface area contributed by atoms with E-state index in [1.807, 2.05) is 30.3 Å². The lowest BCUT2D eigenvalue weighted by Gasteiger charge is -2.11. The molecule has 2 aromatic carbocycles. The van der Waals surface area contributed by atoms with Gasteiger partial charge in [0.25, 0.3) is 0 Å². The highest BCUT2D eigenvalue weighted by atomic mass is 16.5. The summed E-state index contributed by atoms with van der Waals surface area (Å²) in [6, 6.07) is 9.70. The van der Waals surface area contributed by atoms with E-state index in [1.165, 1.54) is 5.56 Å². The number of aryl methyl sites for hydroxylation is 1. The Kier molecular flexibility index (Phi) is 4.60. The molecule has 0 aliphatic heterocycles. The Morgan fingerprint density at radius 1 is 0.708 bits per heavy atom. The van der Waals surface area contributed by atoms with Crippen molar-refractivity contribution in [1.29, 1.82) is 0 Å². The monoisotopic (exact) mass is 327 g/mol. The molecular weight excluding hydrogens is 306 g/mol. The van der Waals surface area contributed by atoms with Crippen molar-refractivity contribution in [2.75, 3.05) is 28.4 Å². The second-order valence-electron chi connectivity index (χ2n) is 5.46. The van der Waals surface area contributed by atoms with Crippen molar-refractivity contribution in [3.05, 3.63) is 41.5 Å². The molecule has 0 aromatic heterocycles. The first-order valence-electron chi connectivity index (χ1n) is 7.75. The van der Waals surface area contributed by atoms with Gasteiger partial charge >= 0.3 is 0 Å². The Labute approximate surface area is 141 Å². The molecule has 1 aliphatic carbocycles. The van der Waals surface area contributed by atoms with Gasteiger partial charge in [0.05, 0.1) is 34.1 Å². The Morgan fingerprint density at radius 3 is 2.00 bits per heavy atom. The molecule has 0 unspecified atom stereocenters. The Bertz CT molecular complexity index is 783. The standard InChI is InChI=1S/C19H21NO4/c1-21-16-8-6-13(10-18(16)23-3)20-15-7-5-12-9-17(22-2)19(24-4)11-14(12)15/h6,8-11H,5,7H2,1-4H3. The van der Waals surface area contributed by atoms with Crippen molar-refractivity contribution in [3.8, 4) is 23.0 Å². The molecule has 3 rings (SSSR count). The quantitative estimate of drug-likeness (QED) is 0.838. The molecule has 0 amide bonds. The normalized spacial score (nSPS) is 14.4. The summed E-state index contributed by atoms with van der Waals surface area (Å²) < 4.78 is 21.4. The molecule has 0 N–H and O–H groups in total. The van der Waals surface area contributed by atoms with Gasteiger partial charge < -0.3 is 18.9 Å². The molecule has 5 nitrogen and oxygen atoms in total. The summed E-state index contributed by atoms with van der Waals surface area (Å²) >= 11 is 0. The lowest BCUT2D eigenvalue weighted by Crippen LogP contribution is -1.97. The SMILES string of the molecule is COc1ccc(N=C2CCc3cc(OC)c(OC)cc32)cc1OC. The number of nitrogens with zero attached hydrogens (tertiary/aromatic N) is 1. The van der Waals surface area contributed by atoms with Gasteiger partial charge in [0.15, 0.2) is 23.0 Å². The van der Waals surface area contributed by atoms with Crippen LogP contribution in [0.4, 0.5) is 5.69 Å². The van der Waals surface area contributed by atoms with Crippen LogP contribution in [0.5, 0.6) is 23.0 Å². The van der Waals surface area contributed by atoms with Gasteiger partial charge in [-0.1, -0.05) is 0 Å². The summed E-state index contributed by atoms with van der Waals surface area (Å²) in [4.78, 5) is 4.80. The zero-order valence-corrected chi connectivity index (χ0v) is 14.4. The van der Waals surface area contributed by atoms with Crippen LogP contribution in [0.1, 0.15) is 17.5 Å². The van der Waals surface area contributed by atoms with Crippen molar-refractivity contribution < 1.29 is 18.9 Å². The maximum Gasteiger partial charge on any atom is 0.162 e. The minimum atomic E-state index is 0.671. The number of aliphatic imine (C=N–C) groups is 1. The van der Waals surface area contributed by atoms with Gasteiger partial charge in [-0.25, -0.2) is 0 Å². The van der Waals surface area contributed by atoms with Crippen molar-refractivity contribution in [1.82, 2.24) is 0 Å². The molecule has 126 valence electrons. The van der Waals surface area contributed by atoms with E-state index in [0.29, 0.717) is 11.5 Å². The summed E-state index contributed by atoms with van der Waals surface area (Å²) in [5, 5.41) is 0. The summed E-state index contributed by atoms with van der Waals surface area (Å²) in [6.07, 6.45) is 1.84. The van der Waals surface area contributed by atoms with Gasteiger partial charge in [-0.3, -0.25) is 4.99 Å². The number of ether oxygens (including phenoxy) is 4. The molecule has 0 saturated heterocycles. The van der Waals surface area contributed by atoms with E-state index in [-0.39, 0.29) is 0 Å². The smallest absolute Gasteiger partial charge is 0.162 e. The van der Waals surface area contributed by atoms with Gasteiger partial charge in [0.1, 0.15) is 0 Å². The van der Waals surface area contributed by atoms with Gasteiger partial charge in [0.2, 0.25) is 0 Å². The lowest BCUT2D eigenvalue weighted by molar-refractivity contribution is 0.354. The average Bonchev–Trinajstić information content (AvgIpc) is 3.02. The second-order valence-corrected chi connectivity index (χ2v) is 5.46. The van der Waals surface area contributed by atoms with Crippen molar-refractivity contribution >= 4 is 11.4 Å². The van der Waals surface area contributed by atoms with E-state index in [0.717, 1.165) is 41.3 Å². The van der Waals surface area contributed by atoms with Crippen LogP contribution in [0, 0.1) is 0 Å². The zero-order chi connectivity index (χ0) is 17.1. The van der Waals surface area contributed by atoms with Crippen LogP contribution in [0.15, 0.2) is 35.3 Å². The zero-order valence-electron chi connectivity index (χ0n) is 14.4. The third kappa shape index (κ3) is 2.89. The van der Waals surface area contributed by atoms with E-state index < -0.39 is 0 Å². The summed E-state index contributed by atoms with van der Waals surface area (Å²) in [6.45, 7) is 0.